The highest BCUT2D eigenvalue weighted by Crippen LogP contribution is 2.30. The first kappa shape index (κ1) is 12.4. The lowest BCUT2D eigenvalue weighted by Crippen LogP contribution is -1.79. The van der Waals surface area contributed by atoms with Gasteiger partial charge in [0.05, 0.1) is 0 Å². The molecule has 0 atom stereocenters. The van der Waals surface area contributed by atoms with Gasteiger partial charge in [-0.1, -0.05) is 42.5 Å². The van der Waals surface area contributed by atoms with Crippen molar-refractivity contribution in [3.63, 3.8) is 0 Å². The summed E-state index contributed by atoms with van der Waals surface area (Å²) in [5.41, 5.74) is 1.06. The number of allylic oxidation sites excluding steroid dienone is 1. The zero-order valence-electron chi connectivity index (χ0n) is 11.2. The van der Waals surface area contributed by atoms with Crippen LogP contribution in [0.5, 0.6) is 0 Å². The van der Waals surface area contributed by atoms with E-state index in [4.69, 9.17) is 4.42 Å². The predicted octanol–water partition coefficient (Wildman–Crippen LogP) is 4.70. The summed E-state index contributed by atoms with van der Waals surface area (Å²) in [6.45, 7) is 1.52. The van der Waals surface area contributed by atoms with Crippen molar-refractivity contribution in [2.24, 2.45) is 0 Å². The molecule has 2 nitrogen and oxygen atoms in total. The van der Waals surface area contributed by atoms with Crippen molar-refractivity contribution in [2.75, 3.05) is 0 Å². The Hall–Kier alpha value is -2.61. The molecule has 0 fully saturated rings. The van der Waals surface area contributed by atoms with Crippen LogP contribution < -0.4 is 0 Å². The van der Waals surface area contributed by atoms with Crippen LogP contribution in [0.25, 0.3) is 28.2 Å². The summed E-state index contributed by atoms with van der Waals surface area (Å²) >= 11 is 0. The summed E-state index contributed by atoms with van der Waals surface area (Å²) in [6.07, 6.45) is 3.20. The molecule has 1 aromatic heterocycles. The fourth-order valence-electron chi connectivity index (χ4n) is 2.23. The Morgan fingerprint density at radius 3 is 2.65 bits per heavy atom. The van der Waals surface area contributed by atoms with E-state index < -0.39 is 0 Å². The first-order valence-corrected chi connectivity index (χ1v) is 6.51. The smallest absolute Gasteiger partial charge is 0.152 e. The lowest BCUT2D eigenvalue weighted by molar-refractivity contribution is -0.112. The lowest BCUT2D eigenvalue weighted by Gasteiger charge is -2.03. The number of hydrogen-bond acceptors (Lipinski definition) is 2. The molecule has 0 unspecified atom stereocenters. The predicted molar refractivity (Wildman–Crippen MR) is 81.4 cm³/mol. The zero-order chi connectivity index (χ0) is 13.9. The molecule has 0 saturated heterocycles. The van der Waals surface area contributed by atoms with E-state index in [-0.39, 0.29) is 5.78 Å². The maximum absolute atomic E-state index is 10.9. The molecule has 3 rings (SSSR count). The minimum absolute atomic E-state index is 0.00751. The highest BCUT2D eigenvalue weighted by molar-refractivity contribution is 5.95. The standard InChI is InChI=1S/C18H14O2/c1-13(19)9-10-15-11-12-18(20-15)17-8-4-6-14-5-2-3-7-16(14)17/h2-12H,1H3. The first-order chi connectivity index (χ1) is 9.74. The van der Waals surface area contributed by atoms with E-state index in [1.54, 1.807) is 6.08 Å². The van der Waals surface area contributed by atoms with E-state index in [1.165, 1.54) is 18.4 Å². The van der Waals surface area contributed by atoms with Gasteiger partial charge >= 0.3 is 0 Å². The third kappa shape index (κ3) is 2.41. The van der Waals surface area contributed by atoms with Crippen molar-refractivity contribution in [2.45, 2.75) is 6.92 Å². The van der Waals surface area contributed by atoms with Gasteiger partial charge in [-0.15, -0.1) is 0 Å². The summed E-state index contributed by atoms with van der Waals surface area (Å²) in [5.74, 6) is 1.50. The maximum Gasteiger partial charge on any atom is 0.152 e. The minimum Gasteiger partial charge on any atom is -0.457 e. The molecule has 98 valence electrons. The van der Waals surface area contributed by atoms with E-state index in [0.29, 0.717) is 5.76 Å². The van der Waals surface area contributed by atoms with Crippen LogP contribution in [-0.4, -0.2) is 5.78 Å². The third-order valence-electron chi connectivity index (χ3n) is 3.16. The Bertz CT molecular complexity index is 789. The topological polar surface area (TPSA) is 30.2 Å². The van der Waals surface area contributed by atoms with E-state index in [1.807, 2.05) is 36.4 Å². The van der Waals surface area contributed by atoms with Crippen molar-refractivity contribution in [3.8, 4) is 11.3 Å². The molecule has 3 aromatic rings. The number of rotatable bonds is 3. The van der Waals surface area contributed by atoms with E-state index in [9.17, 15) is 4.79 Å². The number of carbonyl (C=O) groups is 1. The van der Waals surface area contributed by atoms with Crippen LogP contribution >= 0.6 is 0 Å². The molecule has 2 aromatic carbocycles. The van der Waals surface area contributed by atoms with Crippen LogP contribution in [0.2, 0.25) is 0 Å². The first-order valence-electron chi connectivity index (χ1n) is 6.51. The zero-order valence-corrected chi connectivity index (χ0v) is 11.2. The number of hydrogen-bond donors (Lipinski definition) is 0. The second kappa shape index (κ2) is 5.17. The monoisotopic (exact) mass is 262 g/mol. The molecule has 0 saturated carbocycles. The van der Waals surface area contributed by atoms with Crippen LogP contribution in [0, 0.1) is 0 Å². The Kier molecular flexibility index (Phi) is 3.21. The molecule has 1 heterocycles. The molecule has 0 radical (unpaired) electrons. The Morgan fingerprint density at radius 2 is 1.80 bits per heavy atom. The molecule has 0 aliphatic heterocycles. The molecule has 0 aliphatic rings. The molecule has 2 heteroatoms. The Morgan fingerprint density at radius 1 is 1.00 bits per heavy atom. The van der Waals surface area contributed by atoms with Gasteiger partial charge in [-0.3, -0.25) is 4.79 Å². The molecular weight excluding hydrogens is 248 g/mol. The Labute approximate surface area is 117 Å². The minimum atomic E-state index is 0.00751. The van der Waals surface area contributed by atoms with Gasteiger partial charge in [0.1, 0.15) is 11.5 Å². The normalized spacial score (nSPS) is 11.2. The quantitative estimate of drug-likeness (QED) is 0.640. The molecule has 20 heavy (non-hydrogen) atoms. The molecule has 0 spiro atoms. The highest BCUT2D eigenvalue weighted by Gasteiger charge is 2.07. The highest BCUT2D eigenvalue weighted by atomic mass is 16.3. The van der Waals surface area contributed by atoms with Gasteiger partial charge in [0.2, 0.25) is 0 Å². The van der Waals surface area contributed by atoms with E-state index >= 15 is 0 Å². The van der Waals surface area contributed by atoms with Gasteiger partial charge in [-0.05, 0) is 42.0 Å². The summed E-state index contributed by atoms with van der Waals surface area (Å²) in [5, 5.41) is 2.34. The SMILES string of the molecule is CC(=O)C=Cc1ccc(-c2cccc3ccccc23)o1. The maximum atomic E-state index is 10.9. The second-order valence-electron chi connectivity index (χ2n) is 4.67. The van der Waals surface area contributed by atoms with Gasteiger partial charge in [-0.2, -0.15) is 0 Å². The summed E-state index contributed by atoms with van der Waals surface area (Å²) in [7, 11) is 0. The molecule has 0 aliphatic carbocycles. The number of benzene rings is 2. The summed E-state index contributed by atoms with van der Waals surface area (Å²) in [4.78, 5) is 10.9. The average molecular weight is 262 g/mol. The van der Waals surface area contributed by atoms with Gasteiger partial charge < -0.3 is 4.42 Å². The molecular formula is C18H14O2. The summed E-state index contributed by atoms with van der Waals surface area (Å²) in [6, 6.07) is 18.2. The fraction of sp³-hybridized carbons (Fsp3) is 0.0556. The third-order valence-corrected chi connectivity index (χ3v) is 3.16. The van der Waals surface area contributed by atoms with Gasteiger partial charge in [0, 0.05) is 5.56 Å². The van der Waals surface area contributed by atoms with Gasteiger partial charge in [0.15, 0.2) is 5.78 Å². The van der Waals surface area contributed by atoms with Crippen molar-refractivity contribution in [1.29, 1.82) is 0 Å². The fourth-order valence-corrected chi connectivity index (χ4v) is 2.23. The number of ketones is 1. The van der Waals surface area contributed by atoms with Crippen LogP contribution in [0.4, 0.5) is 0 Å². The summed E-state index contributed by atoms with van der Waals surface area (Å²) < 4.78 is 5.79. The van der Waals surface area contributed by atoms with Crippen LogP contribution in [0.3, 0.4) is 0 Å². The number of furan rings is 1. The van der Waals surface area contributed by atoms with Crippen LogP contribution in [-0.2, 0) is 4.79 Å². The van der Waals surface area contributed by atoms with Gasteiger partial charge in [-0.25, -0.2) is 0 Å². The van der Waals surface area contributed by atoms with Crippen LogP contribution in [0.1, 0.15) is 12.7 Å². The van der Waals surface area contributed by atoms with E-state index in [0.717, 1.165) is 16.7 Å². The van der Waals surface area contributed by atoms with Crippen molar-refractivity contribution >= 4 is 22.6 Å². The lowest BCUT2D eigenvalue weighted by atomic mass is 10.0. The molecule has 0 amide bonds. The number of fused-ring (bicyclic) bond motifs is 1. The average Bonchev–Trinajstić information content (AvgIpc) is 2.93. The van der Waals surface area contributed by atoms with Crippen molar-refractivity contribution in [3.05, 3.63) is 66.4 Å². The van der Waals surface area contributed by atoms with Crippen LogP contribution in [0.15, 0.2) is 65.1 Å². The second-order valence-corrected chi connectivity index (χ2v) is 4.67. The van der Waals surface area contributed by atoms with E-state index in [2.05, 4.69) is 18.2 Å². The van der Waals surface area contributed by atoms with Crippen molar-refractivity contribution in [1.82, 2.24) is 0 Å². The van der Waals surface area contributed by atoms with Crippen molar-refractivity contribution < 1.29 is 9.21 Å². The largest absolute Gasteiger partial charge is 0.457 e. The molecule has 0 N–H and O–H groups in total. The van der Waals surface area contributed by atoms with Gasteiger partial charge in [0.25, 0.3) is 0 Å². The molecule has 0 bridgehead atoms. The number of carbonyl (C=O) groups excluding carboxylic acids is 1. The Balaban J connectivity index is 2.06.